The zero-order chi connectivity index (χ0) is 12.6. The van der Waals surface area contributed by atoms with Gasteiger partial charge in [0.25, 0.3) is 5.69 Å². The van der Waals surface area contributed by atoms with Gasteiger partial charge in [0, 0.05) is 6.07 Å². The van der Waals surface area contributed by atoms with Crippen LogP contribution in [0, 0.1) is 17.0 Å². The van der Waals surface area contributed by atoms with Crippen molar-refractivity contribution in [1.82, 2.24) is 15.0 Å². The molecule has 17 heavy (non-hydrogen) atoms. The number of aryl methyl sites for hydroxylation is 1. The van der Waals surface area contributed by atoms with Crippen LogP contribution in [0.25, 0.3) is 11.2 Å². The minimum atomic E-state index is -0.650. The summed E-state index contributed by atoms with van der Waals surface area (Å²) in [7, 11) is 1.22. The van der Waals surface area contributed by atoms with E-state index in [-0.39, 0.29) is 22.9 Å². The van der Waals surface area contributed by atoms with Gasteiger partial charge in [-0.2, -0.15) is 0 Å². The number of aromatic nitrogens is 3. The van der Waals surface area contributed by atoms with Gasteiger partial charge in [0.2, 0.25) is 5.82 Å². The van der Waals surface area contributed by atoms with Crippen LogP contribution in [-0.2, 0) is 4.74 Å². The summed E-state index contributed by atoms with van der Waals surface area (Å²) in [6.45, 7) is 1.50. The number of carbonyl (C=O) groups is 1. The topological polar surface area (TPSA) is 111 Å². The fourth-order valence-corrected chi connectivity index (χ4v) is 1.40. The number of nitro groups is 1. The molecule has 2 aromatic rings. The standard InChI is InChI=1S/C9H8N4O4/c1-4-6(13(15)16)3-5-7(10-4)12-8(11-5)9(14)17-2/h3H,1-2H3,(H,10,11,12). The van der Waals surface area contributed by atoms with E-state index in [2.05, 4.69) is 19.7 Å². The number of esters is 1. The fourth-order valence-electron chi connectivity index (χ4n) is 1.40. The summed E-state index contributed by atoms with van der Waals surface area (Å²) >= 11 is 0. The van der Waals surface area contributed by atoms with Crippen LogP contribution in [0.2, 0.25) is 0 Å². The molecule has 1 N–H and O–H groups in total. The number of H-pyrrole nitrogens is 1. The molecule has 0 aliphatic carbocycles. The van der Waals surface area contributed by atoms with E-state index in [0.717, 1.165) is 0 Å². The normalized spacial score (nSPS) is 10.5. The Morgan fingerprint density at radius 1 is 1.53 bits per heavy atom. The first-order valence-electron chi connectivity index (χ1n) is 4.63. The predicted molar refractivity (Wildman–Crippen MR) is 56.6 cm³/mol. The van der Waals surface area contributed by atoms with Crippen LogP contribution in [0.15, 0.2) is 6.07 Å². The maximum absolute atomic E-state index is 11.2. The molecule has 88 valence electrons. The molecule has 0 saturated carbocycles. The van der Waals surface area contributed by atoms with Gasteiger partial charge in [0.05, 0.1) is 17.5 Å². The van der Waals surface area contributed by atoms with Gasteiger partial charge in [-0.3, -0.25) is 10.1 Å². The third-order valence-electron chi connectivity index (χ3n) is 2.21. The number of fused-ring (bicyclic) bond motifs is 1. The molecule has 0 unspecified atom stereocenters. The molecule has 2 heterocycles. The Bertz CT molecular complexity index is 619. The third-order valence-corrected chi connectivity index (χ3v) is 2.21. The lowest BCUT2D eigenvalue weighted by molar-refractivity contribution is -0.385. The first-order chi connectivity index (χ1) is 8.02. The fraction of sp³-hybridized carbons (Fsp3) is 0.222. The summed E-state index contributed by atoms with van der Waals surface area (Å²) in [6, 6.07) is 1.29. The molecule has 0 aliphatic heterocycles. The van der Waals surface area contributed by atoms with Crippen LogP contribution in [0.3, 0.4) is 0 Å². The molecule has 0 spiro atoms. The number of rotatable bonds is 2. The van der Waals surface area contributed by atoms with Crippen molar-refractivity contribution in [2.75, 3.05) is 7.11 Å². The van der Waals surface area contributed by atoms with Gasteiger partial charge in [-0.05, 0) is 6.92 Å². The number of nitrogens with zero attached hydrogens (tertiary/aromatic N) is 3. The maximum atomic E-state index is 11.2. The average molecular weight is 236 g/mol. The van der Waals surface area contributed by atoms with Gasteiger partial charge in [0.1, 0.15) is 5.69 Å². The van der Waals surface area contributed by atoms with Crippen LogP contribution in [0.1, 0.15) is 16.3 Å². The summed E-state index contributed by atoms with van der Waals surface area (Å²) in [5.41, 5.74) is 0.680. The first kappa shape index (κ1) is 11.0. The molecule has 8 heteroatoms. The zero-order valence-corrected chi connectivity index (χ0v) is 9.05. The van der Waals surface area contributed by atoms with Crippen molar-refractivity contribution in [1.29, 1.82) is 0 Å². The second-order valence-corrected chi connectivity index (χ2v) is 3.30. The molecule has 0 radical (unpaired) electrons. The molecule has 0 bridgehead atoms. The van der Waals surface area contributed by atoms with Gasteiger partial charge in [-0.25, -0.2) is 14.8 Å². The second kappa shape index (κ2) is 3.81. The van der Waals surface area contributed by atoms with Crippen LogP contribution < -0.4 is 0 Å². The van der Waals surface area contributed by atoms with Crippen molar-refractivity contribution in [3.8, 4) is 0 Å². The number of imidazole rings is 1. The minimum Gasteiger partial charge on any atom is -0.463 e. The predicted octanol–water partition coefficient (Wildman–Crippen LogP) is 0.961. The molecule has 2 aromatic heterocycles. The van der Waals surface area contributed by atoms with E-state index < -0.39 is 10.9 Å². The number of hydrogen-bond acceptors (Lipinski definition) is 6. The number of methoxy groups -OCH3 is 1. The Labute approximate surface area is 94.8 Å². The number of hydrogen-bond donors (Lipinski definition) is 1. The highest BCUT2D eigenvalue weighted by Crippen LogP contribution is 2.20. The van der Waals surface area contributed by atoms with Crippen molar-refractivity contribution in [2.45, 2.75) is 6.92 Å². The number of ether oxygens (including phenoxy) is 1. The molecule has 0 saturated heterocycles. The van der Waals surface area contributed by atoms with Gasteiger partial charge in [0.15, 0.2) is 5.65 Å². The summed E-state index contributed by atoms with van der Waals surface area (Å²) in [4.78, 5) is 31.8. The summed E-state index contributed by atoms with van der Waals surface area (Å²) in [5.74, 6) is -0.682. The van der Waals surface area contributed by atoms with Crippen molar-refractivity contribution in [3.05, 3.63) is 27.7 Å². The second-order valence-electron chi connectivity index (χ2n) is 3.30. The van der Waals surface area contributed by atoms with E-state index in [4.69, 9.17) is 0 Å². The monoisotopic (exact) mass is 236 g/mol. The highest BCUT2D eigenvalue weighted by molar-refractivity contribution is 5.89. The molecule has 0 atom stereocenters. The van der Waals surface area contributed by atoms with E-state index in [1.165, 1.54) is 20.1 Å². The van der Waals surface area contributed by atoms with E-state index in [1.807, 2.05) is 0 Å². The van der Waals surface area contributed by atoms with Crippen LogP contribution in [0.4, 0.5) is 5.69 Å². The Balaban J connectivity index is 2.62. The van der Waals surface area contributed by atoms with Crippen molar-refractivity contribution in [3.63, 3.8) is 0 Å². The SMILES string of the molecule is COC(=O)c1nc2nc(C)c([N+](=O)[O-])cc2[nH]1. The Kier molecular flexibility index (Phi) is 2.47. The molecule has 0 aromatic carbocycles. The summed E-state index contributed by atoms with van der Waals surface area (Å²) in [5, 5.41) is 10.7. The number of nitrogens with one attached hydrogen (secondary N) is 1. The van der Waals surface area contributed by atoms with Gasteiger partial charge < -0.3 is 9.72 Å². The van der Waals surface area contributed by atoms with Gasteiger partial charge in [-0.1, -0.05) is 0 Å². The van der Waals surface area contributed by atoms with Crippen LogP contribution in [-0.4, -0.2) is 33.0 Å². The lowest BCUT2D eigenvalue weighted by Gasteiger charge is -1.94. The van der Waals surface area contributed by atoms with E-state index in [0.29, 0.717) is 5.52 Å². The van der Waals surface area contributed by atoms with E-state index >= 15 is 0 Å². The lowest BCUT2D eigenvalue weighted by Crippen LogP contribution is -2.02. The smallest absolute Gasteiger partial charge is 0.374 e. The Hall–Kier alpha value is -2.51. The molecule has 0 aliphatic rings. The van der Waals surface area contributed by atoms with Crippen molar-refractivity contribution in [2.24, 2.45) is 0 Å². The first-order valence-corrected chi connectivity index (χ1v) is 4.63. The van der Waals surface area contributed by atoms with Gasteiger partial charge >= 0.3 is 5.97 Å². The quantitative estimate of drug-likeness (QED) is 0.472. The molecule has 2 rings (SSSR count). The zero-order valence-electron chi connectivity index (χ0n) is 9.05. The minimum absolute atomic E-state index is 0.0325. The van der Waals surface area contributed by atoms with Crippen LogP contribution in [0.5, 0.6) is 0 Å². The summed E-state index contributed by atoms with van der Waals surface area (Å²) < 4.78 is 4.48. The van der Waals surface area contributed by atoms with E-state index in [9.17, 15) is 14.9 Å². The molecule has 0 fully saturated rings. The average Bonchev–Trinajstić information content (AvgIpc) is 2.69. The Morgan fingerprint density at radius 3 is 2.82 bits per heavy atom. The molecular formula is C9H8N4O4. The lowest BCUT2D eigenvalue weighted by atomic mass is 10.3. The number of pyridine rings is 1. The highest BCUT2D eigenvalue weighted by Gasteiger charge is 2.18. The highest BCUT2D eigenvalue weighted by atomic mass is 16.6. The van der Waals surface area contributed by atoms with Crippen LogP contribution >= 0.6 is 0 Å². The van der Waals surface area contributed by atoms with E-state index in [1.54, 1.807) is 0 Å². The van der Waals surface area contributed by atoms with Crippen molar-refractivity contribution < 1.29 is 14.5 Å². The number of carbonyl (C=O) groups excluding carboxylic acids is 1. The summed E-state index contributed by atoms with van der Waals surface area (Å²) in [6.07, 6.45) is 0. The molecule has 0 amide bonds. The molecule has 8 nitrogen and oxygen atoms in total. The van der Waals surface area contributed by atoms with Gasteiger partial charge in [-0.15, -0.1) is 0 Å². The Morgan fingerprint density at radius 2 is 2.24 bits per heavy atom. The largest absolute Gasteiger partial charge is 0.463 e. The van der Waals surface area contributed by atoms with Crippen molar-refractivity contribution >= 4 is 22.8 Å². The third kappa shape index (κ3) is 1.80. The maximum Gasteiger partial charge on any atom is 0.374 e. The number of aromatic amines is 1. The molecular weight excluding hydrogens is 228 g/mol.